The molecule has 0 spiro atoms. The first kappa shape index (κ1) is 25.1. The molecule has 4 aromatic rings. The summed E-state index contributed by atoms with van der Waals surface area (Å²) in [6.07, 6.45) is 4.61. The minimum absolute atomic E-state index is 0.0526. The number of ether oxygens (including phenoxy) is 2. The van der Waals surface area contributed by atoms with Gasteiger partial charge in [-0.1, -0.05) is 35.1 Å². The van der Waals surface area contributed by atoms with Gasteiger partial charge in [-0.3, -0.25) is 14.2 Å². The topological polar surface area (TPSA) is 95.3 Å². The quantitative estimate of drug-likeness (QED) is 0.303. The van der Waals surface area contributed by atoms with Crippen LogP contribution in [-0.4, -0.2) is 33.5 Å². The second-order valence-electron chi connectivity index (χ2n) is 8.70. The Morgan fingerprint density at radius 3 is 2.57 bits per heavy atom. The third-order valence-corrected chi connectivity index (χ3v) is 7.04. The molecule has 0 bridgehead atoms. The molecule has 0 unspecified atom stereocenters. The number of carbonyl (C=O) groups excluding carboxylic acids is 1. The molecule has 1 aliphatic rings. The third kappa shape index (κ3) is 6.43. The molecule has 0 radical (unpaired) electrons. The van der Waals surface area contributed by atoms with E-state index in [0.29, 0.717) is 53.5 Å². The second-order valence-corrected chi connectivity index (χ2v) is 10.00. The zero-order valence-corrected chi connectivity index (χ0v) is 21.5. The summed E-state index contributed by atoms with van der Waals surface area (Å²) >= 11 is 7.45. The maximum absolute atomic E-state index is 13.6. The second kappa shape index (κ2) is 11.7. The monoisotopic (exact) mass is 536 g/mol. The van der Waals surface area contributed by atoms with Crippen LogP contribution < -0.4 is 15.6 Å². The van der Waals surface area contributed by atoms with Crippen molar-refractivity contribution in [3.8, 4) is 10.9 Å². The number of thiazole rings is 1. The van der Waals surface area contributed by atoms with Gasteiger partial charge in [0.25, 0.3) is 10.8 Å². The van der Waals surface area contributed by atoms with Crippen molar-refractivity contribution in [2.24, 2.45) is 5.92 Å². The summed E-state index contributed by atoms with van der Waals surface area (Å²) in [5, 5.41) is 6.25. The van der Waals surface area contributed by atoms with Gasteiger partial charge in [0.15, 0.2) is 0 Å². The Morgan fingerprint density at radius 1 is 1.11 bits per heavy atom. The largest absolute Gasteiger partial charge is 0.431 e. The van der Waals surface area contributed by atoms with E-state index in [1.54, 1.807) is 22.9 Å². The molecular formula is C27H25ClN4O4S. The standard InChI is InChI=1S/C27H25ClN4O4S/c28-21-3-1-18(2-4-21)17-32-25(34)20(15-24(33)19-9-12-35-13-10-19)16-30-26(32)31-22-5-7-23(8-6-22)36-27-29-11-14-37-27/h1-8,11,14,16,19H,9-10,12-13,15,17H2,(H,30,31). The Morgan fingerprint density at radius 2 is 1.86 bits per heavy atom. The summed E-state index contributed by atoms with van der Waals surface area (Å²) in [7, 11) is 0. The number of nitrogens with zero attached hydrogens (tertiary/aromatic N) is 3. The molecule has 1 saturated heterocycles. The van der Waals surface area contributed by atoms with Gasteiger partial charge in [-0.15, -0.1) is 0 Å². The van der Waals surface area contributed by atoms with Gasteiger partial charge < -0.3 is 14.8 Å². The molecule has 2 aromatic carbocycles. The molecular weight excluding hydrogens is 512 g/mol. The molecule has 8 nitrogen and oxygen atoms in total. The van der Waals surface area contributed by atoms with Crippen molar-refractivity contribution in [2.45, 2.75) is 25.8 Å². The normalized spacial score (nSPS) is 13.9. The smallest absolute Gasteiger partial charge is 0.278 e. The Kier molecular flexibility index (Phi) is 7.93. The number of ketones is 1. The minimum atomic E-state index is -0.253. The first-order valence-corrected chi connectivity index (χ1v) is 13.2. The molecule has 2 aromatic heterocycles. The fourth-order valence-corrected chi connectivity index (χ4v) is 4.75. The van der Waals surface area contributed by atoms with Crippen LogP contribution in [0.5, 0.6) is 10.9 Å². The molecule has 0 amide bonds. The molecule has 10 heteroatoms. The molecule has 1 N–H and O–H groups in total. The zero-order valence-electron chi connectivity index (χ0n) is 19.9. The number of hydrogen-bond donors (Lipinski definition) is 1. The number of aromatic nitrogens is 3. The van der Waals surface area contributed by atoms with E-state index < -0.39 is 0 Å². The van der Waals surface area contributed by atoms with Crippen LogP contribution >= 0.6 is 22.9 Å². The highest BCUT2D eigenvalue weighted by molar-refractivity contribution is 7.11. The SMILES string of the molecule is O=C(Cc1cnc(Nc2ccc(Oc3nccs3)cc2)n(Cc2ccc(Cl)cc2)c1=O)C1CCOCC1. The predicted octanol–water partition coefficient (Wildman–Crippen LogP) is 5.48. The van der Waals surface area contributed by atoms with E-state index in [9.17, 15) is 9.59 Å². The van der Waals surface area contributed by atoms with Crippen molar-refractivity contribution < 1.29 is 14.3 Å². The van der Waals surface area contributed by atoms with Gasteiger partial charge in [-0.2, -0.15) is 0 Å². The Balaban J connectivity index is 1.40. The van der Waals surface area contributed by atoms with Gasteiger partial charge in [0.05, 0.1) is 6.54 Å². The highest BCUT2D eigenvalue weighted by atomic mass is 35.5. The lowest BCUT2D eigenvalue weighted by molar-refractivity contribution is -0.125. The van der Waals surface area contributed by atoms with E-state index in [2.05, 4.69) is 15.3 Å². The molecule has 0 aliphatic carbocycles. The number of carbonyl (C=O) groups is 1. The average molecular weight is 537 g/mol. The number of hydrogen-bond acceptors (Lipinski definition) is 8. The van der Waals surface area contributed by atoms with Crippen molar-refractivity contribution in [1.82, 2.24) is 14.5 Å². The summed E-state index contributed by atoms with van der Waals surface area (Å²) in [6.45, 7) is 1.42. The lowest BCUT2D eigenvalue weighted by atomic mass is 9.92. The molecule has 190 valence electrons. The highest BCUT2D eigenvalue weighted by Gasteiger charge is 2.23. The molecule has 5 rings (SSSR count). The Bertz CT molecular complexity index is 1400. The van der Waals surface area contributed by atoms with E-state index in [4.69, 9.17) is 21.1 Å². The lowest BCUT2D eigenvalue weighted by Gasteiger charge is -2.21. The summed E-state index contributed by atoms with van der Waals surface area (Å²) in [6, 6.07) is 14.6. The van der Waals surface area contributed by atoms with Crippen molar-refractivity contribution in [2.75, 3.05) is 18.5 Å². The van der Waals surface area contributed by atoms with E-state index in [1.807, 2.05) is 41.8 Å². The average Bonchev–Trinajstić information content (AvgIpc) is 3.43. The van der Waals surface area contributed by atoms with Gasteiger partial charge in [0.1, 0.15) is 11.5 Å². The van der Waals surface area contributed by atoms with Crippen molar-refractivity contribution in [1.29, 1.82) is 0 Å². The Hall–Kier alpha value is -3.53. The maximum atomic E-state index is 13.6. The van der Waals surface area contributed by atoms with Gasteiger partial charge in [0.2, 0.25) is 5.95 Å². The molecule has 0 saturated carbocycles. The van der Waals surface area contributed by atoms with Crippen LogP contribution in [0, 0.1) is 5.92 Å². The number of anilines is 2. The molecule has 37 heavy (non-hydrogen) atoms. The molecule has 0 atom stereocenters. The minimum Gasteiger partial charge on any atom is -0.431 e. The first-order chi connectivity index (χ1) is 18.0. The van der Waals surface area contributed by atoms with E-state index in [-0.39, 0.29) is 30.2 Å². The van der Waals surface area contributed by atoms with Crippen LogP contribution in [-0.2, 0) is 22.5 Å². The van der Waals surface area contributed by atoms with E-state index in [0.717, 1.165) is 11.3 Å². The molecule has 1 fully saturated rings. The van der Waals surface area contributed by atoms with Crippen molar-refractivity contribution >= 4 is 40.4 Å². The summed E-state index contributed by atoms with van der Waals surface area (Å²) in [4.78, 5) is 35.1. The van der Waals surface area contributed by atoms with Crippen LogP contribution in [0.2, 0.25) is 5.02 Å². The predicted molar refractivity (Wildman–Crippen MR) is 143 cm³/mol. The van der Waals surface area contributed by atoms with E-state index in [1.165, 1.54) is 17.5 Å². The summed E-state index contributed by atoms with van der Waals surface area (Å²) in [5.74, 6) is 0.988. The lowest BCUT2D eigenvalue weighted by Crippen LogP contribution is -2.31. The number of nitrogens with one attached hydrogen (secondary N) is 1. The number of benzene rings is 2. The van der Waals surface area contributed by atoms with Crippen LogP contribution in [0.4, 0.5) is 11.6 Å². The number of rotatable bonds is 9. The first-order valence-electron chi connectivity index (χ1n) is 11.9. The van der Waals surface area contributed by atoms with Crippen LogP contribution in [0.25, 0.3) is 0 Å². The summed E-state index contributed by atoms with van der Waals surface area (Å²) < 4.78 is 12.6. The van der Waals surface area contributed by atoms with Crippen LogP contribution in [0.15, 0.2) is 71.1 Å². The maximum Gasteiger partial charge on any atom is 0.278 e. The molecule has 1 aliphatic heterocycles. The summed E-state index contributed by atoms with van der Waals surface area (Å²) in [5.41, 5.74) is 1.74. The number of halogens is 1. The zero-order chi connectivity index (χ0) is 25.6. The highest BCUT2D eigenvalue weighted by Crippen LogP contribution is 2.26. The number of Topliss-reactive ketones (excluding diaryl/α,β-unsaturated/α-hetero) is 1. The van der Waals surface area contributed by atoms with Gasteiger partial charge in [-0.25, -0.2) is 9.97 Å². The van der Waals surface area contributed by atoms with Crippen molar-refractivity contribution in [3.63, 3.8) is 0 Å². The van der Waals surface area contributed by atoms with Gasteiger partial charge >= 0.3 is 0 Å². The fourth-order valence-electron chi connectivity index (χ4n) is 4.12. The van der Waals surface area contributed by atoms with Gasteiger partial charge in [0, 0.05) is 59.6 Å². The van der Waals surface area contributed by atoms with Crippen molar-refractivity contribution in [3.05, 3.63) is 92.8 Å². The van der Waals surface area contributed by atoms with Gasteiger partial charge in [-0.05, 0) is 54.8 Å². The van der Waals surface area contributed by atoms with E-state index >= 15 is 0 Å². The fraction of sp³-hybridized carbons (Fsp3) is 0.259. The Labute approximate surface area is 222 Å². The van der Waals surface area contributed by atoms with Crippen LogP contribution in [0.1, 0.15) is 24.0 Å². The third-order valence-electron chi connectivity index (χ3n) is 6.14. The molecule has 3 heterocycles. The van der Waals surface area contributed by atoms with Crippen LogP contribution in [0.3, 0.4) is 0 Å².